The molecule has 0 atom stereocenters. The van der Waals surface area contributed by atoms with Crippen molar-refractivity contribution in [2.24, 2.45) is 5.41 Å². The topological polar surface area (TPSA) is 23.5 Å². The van der Waals surface area contributed by atoms with Gasteiger partial charge in [0.2, 0.25) is 0 Å². The standard InChI is InChI=1S/C10H17NO/c12-10(2-1-3-10)8-11-6-9(7-11)4-5-9/h12H,1-8H2. The summed E-state index contributed by atoms with van der Waals surface area (Å²) in [6.07, 6.45) is 6.20. The van der Waals surface area contributed by atoms with Crippen molar-refractivity contribution in [3.05, 3.63) is 0 Å². The first-order valence-corrected chi connectivity index (χ1v) is 5.15. The fourth-order valence-electron chi connectivity index (χ4n) is 2.67. The molecule has 1 spiro atoms. The molecule has 1 heterocycles. The van der Waals surface area contributed by atoms with Crippen molar-refractivity contribution in [2.45, 2.75) is 37.7 Å². The molecule has 12 heavy (non-hydrogen) atoms. The van der Waals surface area contributed by atoms with Gasteiger partial charge in [-0.05, 0) is 37.5 Å². The Hall–Kier alpha value is -0.0800. The molecule has 0 aromatic carbocycles. The summed E-state index contributed by atoms with van der Waals surface area (Å²) in [6, 6.07) is 0. The molecule has 1 N–H and O–H groups in total. The molecule has 0 unspecified atom stereocenters. The van der Waals surface area contributed by atoms with Crippen LogP contribution in [0.15, 0.2) is 0 Å². The SMILES string of the molecule is OC1(CN2CC3(CC3)C2)CCC1. The third-order valence-electron chi connectivity index (χ3n) is 3.88. The van der Waals surface area contributed by atoms with Gasteiger partial charge in [0, 0.05) is 19.6 Å². The monoisotopic (exact) mass is 167 g/mol. The van der Waals surface area contributed by atoms with E-state index in [2.05, 4.69) is 4.90 Å². The first-order valence-electron chi connectivity index (χ1n) is 5.15. The molecule has 2 heteroatoms. The maximum Gasteiger partial charge on any atom is 0.0774 e. The van der Waals surface area contributed by atoms with E-state index in [0.717, 1.165) is 24.8 Å². The number of rotatable bonds is 2. The molecule has 0 aromatic heterocycles. The molecule has 2 aliphatic carbocycles. The number of aliphatic hydroxyl groups is 1. The van der Waals surface area contributed by atoms with Crippen molar-refractivity contribution in [3.63, 3.8) is 0 Å². The Morgan fingerprint density at radius 1 is 1.08 bits per heavy atom. The Kier molecular flexibility index (Phi) is 1.25. The number of β-amino-alcohol motifs (C(OH)–C–C–N with tert-alkyl or cyclic N) is 1. The van der Waals surface area contributed by atoms with E-state index in [-0.39, 0.29) is 5.60 Å². The number of hydrogen-bond acceptors (Lipinski definition) is 2. The molecule has 0 aromatic rings. The molecule has 2 nitrogen and oxygen atoms in total. The van der Waals surface area contributed by atoms with Crippen molar-refractivity contribution < 1.29 is 5.11 Å². The second-order valence-corrected chi connectivity index (χ2v) is 5.22. The summed E-state index contributed by atoms with van der Waals surface area (Å²) in [5.74, 6) is 0. The zero-order chi connectivity index (χ0) is 8.23. The van der Waals surface area contributed by atoms with E-state index in [9.17, 15) is 5.11 Å². The fourth-order valence-corrected chi connectivity index (χ4v) is 2.67. The smallest absolute Gasteiger partial charge is 0.0774 e. The van der Waals surface area contributed by atoms with Gasteiger partial charge in [-0.15, -0.1) is 0 Å². The highest BCUT2D eigenvalue weighted by molar-refractivity contribution is 5.07. The molecule has 68 valence electrons. The van der Waals surface area contributed by atoms with Gasteiger partial charge in [-0.2, -0.15) is 0 Å². The van der Waals surface area contributed by atoms with Crippen molar-refractivity contribution in [1.29, 1.82) is 0 Å². The Morgan fingerprint density at radius 2 is 1.75 bits per heavy atom. The largest absolute Gasteiger partial charge is 0.389 e. The quantitative estimate of drug-likeness (QED) is 0.663. The van der Waals surface area contributed by atoms with Crippen LogP contribution in [0.2, 0.25) is 0 Å². The Bertz CT molecular complexity index is 198. The van der Waals surface area contributed by atoms with Crippen LogP contribution in [-0.4, -0.2) is 35.2 Å². The Morgan fingerprint density at radius 3 is 2.17 bits per heavy atom. The second kappa shape index (κ2) is 2.05. The van der Waals surface area contributed by atoms with Crippen LogP contribution < -0.4 is 0 Å². The average Bonchev–Trinajstić information content (AvgIpc) is 2.63. The summed E-state index contributed by atoms with van der Waals surface area (Å²) in [7, 11) is 0. The van der Waals surface area contributed by atoms with Gasteiger partial charge < -0.3 is 5.11 Å². The maximum atomic E-state index is 9.89. The summed E-state index contributed by atoms with van der Waals surface area (Å²) in [4.78, 5) is 2.44. The minimum atomic E-state index is -0.281. The molecule has 0 amide bonds. The number of likely N-dealkylation sites (tertiary alicyclic amines) is 1. The maximum absolute atomic E-state index is 9.89. The van der Waals surface area contributed by atoms with E-state index < -0.39 is 0 Å². The summed E-state index contributed by atoms with van der Waals surface area (Å²) >= 11 is 0. The van der Waals surface area contributed by atoms with E-state index in [1.54, 1.807) is 0 Å². The van der Waals surface area contributed by atoms with Crippen LogP contribution in [0.1, 0.15) is 32.1 Å². The highest BCUT2D eigenvalue weighted by Gasteiger charge is 2.53. The van der Waals surface area contributed by atoms with E-state index in [1.165, 1.54) is 32.4 Å². The number of nitrogens with zero attached hydrogens (tertiary/aromatic N) is 1. The molecule has 1 saturated heterocycles. The normalized spacial score (nSPS) is 35.8. The van der Waals surface area contributed by atoms with Gasteiger partial charge in [0.25, 0.3) is 0 Å². The molecule has 2 saturated carbocycles. The van der Waals surface area contributed by atoms with Gasteiger partial charge in [-0.1, -0.05) is 0 Å². The van der Waals surface area contributed by atoms with E-state index in [4.69, 9.17) is 0 Å². The zero-order valence-electron chi connectivity index (χ0n) is 7.55. The molecule has 3 aliphatic rings. The minimum Gasteiger partial charge on any atom is -0.389 e. The summed E-state index contributed by atoms with van der Waals surface area (Å²) in [5.41, 5.74) is 0.469. The lowest BCUT2D eigenvalue weighted by Crippen LogP contribution is -2.56. The van der Waals surface area contributed by atoms with Gasteiger partial charge in [0.05, 0.1) is 5.60 Å². The van der Waals surface area contributed by atoms with Crippen LogP contribution in [0, 0.1) is 5.41 Å². The molecule has 0 radical (unpaired) electrons. The minimum absolute atomic E-state index is 0.281. The highest BCUT2D eigenvalue weighted by atomic mass is 16.3. The fraction of sp³-hybridized carbons (Fsp3) is 1.00. The zero-order valence-corrected chi connectivity index (χ0v) is 7.55. The van der Waals surface area contributed by atoms with Gasteiger partial charge in [0.15, 0.2) is 0 Å². The first-order chi connectivity index (χ1) is 5.70. The third kappa shape index (κ3) is 1.01. The van der Waals surface area contributed by atoms with E-state index in [0.29, 0.717) is 0 Å². The van der Waals surface area contributed by atoms with Gasteiger partial charge in [-0.25, -0.2) is 0 Å². The first kappa shape index (κ1) is 7.34. The van der Waals surface area contributed by atoms with Crippen LogP contribution in [-0.2, 0) is 0 Å². The van der Waals surface area contributed by atoms with Crippen molar-refractivity contribution in [1.82, 2.24) is 4.90 Å². The van der Waals surface area contributed by atoms with E-state index in [1.807, 2.05) is 0 Å². The van der Waals surface area contributed by atoms with Crippen LogP contribution in [0.3, 0.4) is 0 Å². The van der Waals surface area contributed by atoms with Crippen molar-refractivity contribution in [2.75, 3.05) is 19.6 Å². The van der Waals surface area contributed by atoms with Crippen LogP contribution >= 0.6 is 0 Å². The molecule has 3 fully saturated rings. The Labute approximate surface area is 73.6 Å². The lowest BCUT2D eigenvalue weighted by molar-refractivity contribution is -0.0839. The highest BCUT2D eigenvalue weighted by Crippen LogP contribution is 2.53. The predicted octanol–water partition coefficient (Wildman–Crippen LogP) is 0.997. The summed E-state index contributed by atoms with van der Waals surface area (Å²) in [5, 5.41) is 9.89. The average molecular weight is 167 g/mol. The lowest BCUT2D eigenvalue weighted by atomic mass is 9.78. The van der Waals surface area contributed by atoms with Gasteiger partial charge >= 0.3 is 0 Å². The van der Waals surface area contributed by atoms with Gasteiger partial charge in [-0.3, -0.25) is 4.90 Å². The van der Waals surface area contributed by atoms with E-state index >= 15 is 0 Å². The second-order valence-electron chi connectivity index (χ2n) is 5.22. The molecular weight excluding hydrogens is 150 g/mol. The van der Waals surface area contributed by atoms with Crippen LogP contribution in [0.25, 0.3) is 0 Å². The number of hydrogen-bond donors (Lipinski definition) is 1. The lowest BCUT2D eigenvalue weighted by Gasteiger charge is -2.47. The molecule has 0 bridgehead atoms. The predicted molar refractivity (Wildman–Crippen MR) is 46.9 cm³/mol. The summed E-state index contributed by atoms with van der Waals surface area (Å²) < 4.78 is 0. The summed E-state index contributed by atoms with van der Waals surface area (Å²) in [6.45, 7) is 3.50. The molecular formula is C10H17NO. The van der Waals surface area contributed by atoms with Crippen LogP contribution in [0.4, 0.5) is 0 Å². The Balaban J connectivity index is 1.50. The van der Waals surface area contributed by atoms with Crippen molar-refractivity contribution in [3.8, 4) is 0 Å². The van der Waals surface area contributed by atoms with Gasteiger partial charge in [0.1, 0.15) is 0 Å². The third-order valence-corrected chi connectivity index (χ3v) is 3.88. The van der Waals surface area contributed by atoms with Crippen LogP contribution in [0.5, 0.6) is 0 Å². The molecule has 1 aliphatic heterocycles. The molecule has 3 rings (SSSR count). The van der Waals surface area contributed by atoms with Crippen molar-refractivity contribution >= 4 is 0 Å².